The van der Waals surface area contributed by atoms with E-state index in [0.29, 0.717) is 10.0 Å². The van der Waals surface area contributed by atoms with E-state index in [4.69, 9.17) is 23.2 Å². The van der Waals surface area contributed by atoms with Crippen LogP contribution in [0.5, 0.6) is 0 Å². The van der Waals surface area contributed by atoms with Gasteiger partial charge in [0, 0.05) is 0 Å². The fraction of sp³-hybridized carbons (Fsp3) is 0.333. The van der Waals surface area contributed by atoms with Crippen LogP contribution in [-0.4, -0.2) is 6.54 Å². The van der Waals surface area contributed by atoms with Crippen molar-refractivity contribution < 1.29 is 0 Å². The summed E-state index contributed by atoms with van der Waals surface area (Å²) in [7, 11) is 0. The summed E-state index contributed by atoms with van der Waals surface area (Å²) in [4.78, 5) is 0. The molecule has 0 spiro atoms. The molecule has 3 heteroatoms. The summed E-state index contributed by atoms with van der Waals surface area (Å²) in [6.07, 6.45) is 2.13. The van der Waals surface area contributed by atoms with Crippen LogP contribution in [0.25, 0.3) is 0 Å². The molecule has 2 aromatic rings. The summed E-state index contributed by atoms with van der Waals surface area (Å²) >= 11 is 12.2. The molecule has 0 radical (unpaired) electrons. The van der Waals surface area contributed by atoms with Gasteiger partial charge in [0.25, 0.3) is 0 Å². The van der Waals surface area contributed by atoms with E-state index in [9.17, 15) is 0 Å². The van der Waals surface area contributed by atoms with E-state index < -0.39 is 0 Å². The number of aryl methyl sites for hydroxylation is 1. The van der Waals surface area contributed by atoms with Gasteiger partial charge in [0.05, 0.1) is 16.1 Å². The molecule has 0 amide bonds. The van der Waals surface area contributed by atoms with Crippen molar-refractivity contribution in [3.05, 3.63) is 69.2 Å². The molecule has 0 saturated carbocycles. The summed E-state index contributed by atoms with van der Waals surface area (Å²) < 4.78 is 0. The van der Waals surface area contributed by atoms with Crippen LogP contribution in [0.4, 0.5) is 0 Å². The molecule has 21 heavy (non-hydrogen) atoms. The van der Waals surface area contributed by atoms with E-state index in [2.05, 4.69) is 43.4 Å². The number of hydrogen-bond donors (Lipinski definition) is 1. The molecule has 2 aromatic carbocycles. The minimum absolute atomic E-state index is 0.145. The molecule has 112 valence electrons. The topological polar surface area (TPSA) is 12.0 Å². The summed E-state index contributed by atoms with van der Waals surface area (Å²) in [5.74, 6) is 0. The fourth-order valence-electron chi connectivity index (χ4n) is 2.40. The van der Waals surface area contributed by atoms with E-state index in [1.54, 1.807) is 0 Å². The minimum Gasteiger partial charge on any atom is -0.306 e. The van der Waals surface area contributed by atoms with Gasteiger partial charge in [0.2, 0.25) is 0 Å². The molecule has 0 heterocycles. The Morgan fingerprint density at radius 3 is 2.38 bits per heavy atom. The lowest BCUT2D eigenvalue weighted by Crippen LogP contribution is -2.23. The van der Waals surface area contributed by atoms with Crippen molar-refractivity contribution in [2.75, 3.05) is 6.54 Å². The third-order valence-corrected chi connectivity index (χ3v) is 4.31. The van der Waals surface area contributed by atoms with Crippen LogP contribution in [0, 0.1) is 0 Å². The van der Waals surface area contributed by atoms with Crippen molar-refractivity contribution in [2.45, 2.75) is 32.7 Å². The smallest absolute Gasteiger partial charge is 0.0595 e. The lowest BCUT2D eigenvalue weighted by molar-refractivity contribution is 0.598. The highest BCUT2D eigenvalue weighted by Crippen LogP contribution is 2.29. The first kappa shape index (κ1) is 16.4. The lowest BCUT2D eigenvalue weighted by atomic mass is 9.96. The van der Waals surface area contributed by atoms with Crippen molar-refractivity contribution in [3.63, 3.8) is 0 Å². The Hall–Kier alpha value is -1.02. The van der Waals surface area contributed by atoms with Crippen molar-refractivity contribution in [1.82, 2.24) is 5.32 Å². The number of rotatable bonds is 6. The summed E-state index contributed by atoms with van der Waals surface area (Å²) in [6.45, 7) is 5.30. The first-order valence-electron chi connectivity index (χ1n) is 7.42. The number of halogens is 2. The van der Waals surface area contributed by atoms with Gasteiger partial charge in [-0.25, -0.2) is 0 Å². The Labute approximate surface area is 137 Å². The van der Waals surface area contributed by atoms with E-state index in [1.807, 2.05) is 18.2 Å². The molecule has 0 aliphatic heterocycles. The van der Waals surface area contributed by atoms with Crippen LogP contribution < -0.4 is 5.32 Å². The Morgan fingerprint density at radius 2 is 1.71 bits per heavy atom. The maximum Gasteiger partial charge on any atom is 0.0595 e. The van der Waals surface area contributed by atoms with Crippen LogP contribution in [0.1, 0.15) is 43.0 Å². The zero-order valence-corrected chi connectivity index (χ0v) is 14.0. The molecule has 0 aliphatic rings. The second-order valence-electron chi connectivity index (χ2n) is 5.16. The average Bonchev–Trinajstić information content (AvgIpc) is 2.51. The van der Waals surface area contributed by atoms with E-state index in [-0.39, 0.29) is 6.04 Å². The molecule has 1 unspecified atom stereocenters. The zero-order valence-electron chi connectivity index (χ0n) is 12.5. The summed E-state index contributed by atoms with van der Waals surface area (Å²) in [5, 5.41) is 4.79. The van der Waals surface area contributed by atoms with Gasteiger partial charge in [-0.3, -0.25) is 0 Å². The van der Waals surface area contributed by atoms with Crippen LogP contribution in [0.15, 0.2) is 42.5 Å². The zero-order chi connectivity index (χ0) is 15.2. The minimum atomic E-state index is 0.145. The molecular formula is C18H21Cl2N. The third kappa shape index (κ3) is 4.23. The lowest BCUT2D eigenvalue weighted by Gasteiger charge is -2.21. The molecule has 0 saturated heterocycles. The van der Waals surface area contributed by atoms with Crippen molar-refractivity contribution >= 4 is 23.2 Å². The van der Waals surface area contributed by atoms with Gasteiger partial charge >= 0.3 is 0 Å². The monoisotopic (exact) mass is 321 g/mol. The largest absolute Gasteiger partial charge is 0.306 e. The van der Waals surface area contributed by atoms with Crippen molar-refractivity contribution in [3.8, 4) is 0 Å². The van der Waals surface area contributed by atoms with E-state index in [1.165, 1.54) is 11.1 Å². The second kappa shape index (κ2) is 7.84. The maximum absolute atomic E-state index is 6.18. The fourth-order valence-corrected chi connectivity index (χ4v) is 2.71. The highest BCUT2D eigenvalue weighted by Gasteiger charge is 2.14. The molecule has 0 aromatic heterocycles. The predicted octanol–water partition coefficient (Wildman–Crippen LogP) is 5.64. The van der Waals surface area contributed by atoms with Gasteiger partial charge in [0.15, 0.2) is 0 Å². The van der Waals surface area contributed by atoms with Crippen LogP contribution in [0.3, 0.4) is 0 Å². The molecule has 1 nitrogen and oxygen atoms in total. The van der Waals surface area contributed by atoms with Crippen molar-refractivity contribution in [1.29, 1.82) is 0 Å². The van der Waals surface area contributed by atoms with Gasteiger partial charge in [-0.2, -0.15) is 0 Å². The van der Waals surface area contributed by atoms with Crippen molar-refractivity contribution in [2.24, 2.45) is 0 Å². The Bertz CT molecular complexity index is 596. The number of hydrogen-bond acceptors (Lipinski definition) is 1. The van der Waals surface area contributed by atoms with Crippen LogP contribution >= 0.6 is 23.2 Å². The van der Waals surface area contributed by atoms with Crippen LogP contribution in [0.2, 0.25) is 10.0 Å². The van der Waals surface area contributed by atoms with E-state index >= 15 is 0 Å². The SMILES string of the molecule is CCCNC(c1cccc(CC)c1)c1ccc(Cl)c(Cl)c1. The Kier molecular flexibility index (Phi) is 6.10. The standard InChI is InChI=1S/C18H21Cl2N/c1-3-10-21-18(14-7-5-6-13(4-2)11-14)15-8-9-16(19)17(20)12-15/h5-9,11-12,18,21H,3-4,10H2,1-2H3. The van der Waals surface area contributed by atoms with Gasteiger partial charge in [-0.05, 0) is 48.2 Å². The molecule has 1 atom stereocenters. The molecule has 0 fully saturated rings. The highest BCUT2D eigenvalue weighted by atomic mass is 35.5. The Balaban J connectivity index is 2.38. The van der Waals surface area contributed by atoms with Crippen LogP contribution in [-0.2, 0) is 6.42 Å². The average molecular weight is 322 g/mol. The van der Waals surface area contributed by atoms with Gasteiger partial charge in [-0.1, -0.05) is 67.4 Å². The Morgan fingerprint density at radius 1 is 0.952 bits per heavy atom. The van der Waals surface area contributed by atoms with Gasteiger partial charge in [-0.15, -0.1) is 0 Å². The second-order valence-corrected chi connectivity index (χ2v) is 5.97. The molecule has 1 N–H and O–H groups in total. The first-order valence-corrected chi connectivity index (χ1v) is 8.18. The highest BCUT2D eigenvalue weighted by molar-refractivity contribution is 6.42. The number of nitrogens with one attached hydrogen (secondary N) is 1. The first-order chi connectivity index (χ1) is 10.2. The van der Waals surface area contributed by atoms with Gasteiger partial charge < -0.3 is 5.32 Å². The molecular weight excluding hydrogens is 301 g/mol. The normalized spacial score (nSPS) is 12.4. The van der Waals surface area contributed by atoms with E-state index in [0.717, 1.165) is 24.9 Å². The maximum atomic E-state index is 6.18. The quantitative estimate of drug-likeness (QED) is 0.725. The predicted molar refractivity (Wildman–Crippen MR) is 92.4 cm³/mol. The summed E-state index contributed by atoms with van der Waals surface area (Å²) in [5.41, 5.74) is 3.75. The molecule has 2 rings (SSSR count). The third-order valence-electron chi connectivity index (χ3n) is 3.57. The summed E-state index contributed by atoms with van der Waals surface area (Å²) in [6, 6.07) is 14.7. The number of benzene rings is 2. The van der Waals surface area contributed by atoms with Gasteiger partial charge in [0.1, 0.15) is 0 Å². The molecule has 0 bridgehead atoms. The molecule has 0 aliphatic carbocycles.